The number of barbiturate groups is 1. The van der Waals surface area contributed by atoms with E-state index in [-0.39, 0.29) is 5.57 Å². The summed E-state index contributed by atoms with van der Waals surface area (Å²) in [4.78, 5) is 38.7. The van der Waals surface area contributed by atoms with Crippen molar-refractivity contribution in [3.05, 3.63) is 63.6 Å². The molecule has 1 saturated heterocycles. The molecule has 0 aromatic heterocycles. The van der Waals surface area contributed by atoms with Gasteiger partial charge in [-0.2, -0.15) is 0 Å². The number of carbonyl (C=O) groups is 3. The summed E-state index contributed by atoms with van der Waals surface area (Å²) in [6.07, 6.45) is 2.06. The normalized spacial score (nSPS) is 15.9. The topological polar surface area (TPSA) is 75.7 Å². The van der Waals surface area contributed by atoms with Gasteiger partial charge in [-0.25, -0.2) is 9.69 Å². The average Bonchev–Trinajstić information content (AvgIpc) is 2.65. The number of imide groups is 2. The SMILES string of the molecule is CCc1ccccc1N1C(=O)NC(=O)/C(=C/c2cc(Br)ccc2OC)C1=O. The third kappa shape index (κ3) is 3.64. The van der Waals surface area contributed by atoms with Crippen molar-refractivity contribution >= 4 is 45.5 Å². The minimum atomic E-state index is -0.760. The summed E-state index contributed by atoms with van der Waals surface area (Å²) in [5.41, 5.74) is 1.69. The number of hydrogen-bond acceptors (Lipinski definition) is 4. The van der Waals surface area contributed by atoms with Crippen LogP contribution in [0, 0.1) is 0 Å². The third-order valence-electron chi connectivity index (χ3n) is 4.21. The predicted molar refractivity (Wildman–Crippen MR) is 106 cm³/mol. The first kappa shape index (κ1) is 18.8. The van der Waals surface area contributed by atoms with Crippen molar-refractivity contribution in [3.8, 4) is 5.75 Å². The molecule has 2 aromatic carbocycles. The molecular formula is C20H17BrN2O4. The number of aryl methyl sites for hydroxylation is 1. The summed E-state index contributed by atoms with van der Waals surface area (Å²) < 4.78 is 6.06. The van der Waals surface area contributed by atoms with E-state index in [9.17, 15) is 14.4 Å². The van der Waals surface area contributed by atoms with E-state index in [0.717, 1.165) is 14.9 Å². The second-order valence-corrected chi connectivity index (χ2v) is 6.74. The highest BCUT2D eigenvalue weighted by Crippen LogP contribution is 2.29. The minimum Gasteiger partial charge on any atom is -0.496 e. The Kier molecular flexibility index (Phi) is 5.41. The lowest BCUT2D eigenvalue weighted by Gasteiger charge is -2.28. The molecule has 2 aromatic rings. The molecule has 27 heavy (non-hydrogen) atoms. The van der Waals surface area contributed by atoms with E-state index in [1.165, 1.54) is 13.2 Å². The quantitative estimate of drug-likeness (QED) is 0.594. The van der Waals surface area contributed by atoms with Crippen molar-refractivity contribution < 1.29 is 19.1 Å². The van der Waals surface area contributed by atoms with Crippen LogP contribution in [-0.2, 0) is 16.0 Å². The largest absolute Gasteiger partial charge is 0.496 e. The Morgan fingerprint density at radius 1 is 1.15 bits per heavy atom. The molecule has 0 atom stereocenters. The van der Waals surface area contributed by atoms with E-state index in [2.05, 4.69) is 21.2 Å². The lowest BCUT2D eigenvalue weighted by atomic mass is 10.0. The molecule has 0 saturated carbocycles. The molecule has 6 nitrogen and oxygen atoms in total. The maximum Gasteiger partial charge on any atom is 0.335 e. The number of hydrogen-bond donors (Lipinski definition) is 1. The van der Waals surface area contributed by atoms with Gasteiger partial charge in [0.15, 0.2) is 0 Å². The highest BCUT2D eigenvalue weighted by Gasteiger charge is 2.37. The summed E-state index contributed by atoms with van der Waals surface area (Å²) in [7, 11) is 1.50. The number of para-hydroxylation sites is 1. The van der Waals surface area contributed by atoms with Gasteiger partial charge in [0.1, 0.15) is 11.3 Å². The van der Waals surface area contributed by atoms with Crippen LogP contribution in [0.15, 0.2) is 52.5 Å². The van der Waals surface area contributed by atoms with Gasteiger partial charge < -0.3 is 4.74 Å². The molecule has 1 N–H and O–H groups in total. The average molecular weight is 429 g/mol. The molecule has 0 unspecified atom stereocenters. The number of anilines is 1. The molecule has 1 fully saturated rings. The van der Waals surface area contributed by atoms with Crippen molar-refractivity contribution in [1.82, 2.24) is 5.32 Å². The Bertz CT molecular complexity index is 968. The van der Waals surface area contributed by atoms with E-state index in [0.29, 0.717) is 23.4 Å². The van der Waals surface area contributed by atoms with Crippen LogP contribution in [0.2, 0.25) is 0 Å². The number of rotatable bonds is 4. The van der Waals surface area contributed by atoms with Crippen molar-refractivity contribution in [2.75, 3.05) is 12.0 Å². The maximum atomic E-state index is 13.0. The third-order valence-corrected chi connectivity index (χ3v) is 4.70. The lowest BCUT2D eigenvalue weighted by Crippen LogP contribution is -2.54. The minimum absolute atomic E-state index is 0.142. The second-order valence-electron chi connectivity index (χ2n) is 5.83. The van der Waals surface area contributed by atoms with Crippen molar-refractivity contribution in [2.45, 2.75) is 13.3 Å². The number of methoxy groups -OCH3 is 1. The first-order chi connectivity index (χ1) is 13.0. The molecule has 0 spiro atoms. The number of ether oxygens (including phenoxy) is 1. The van der Waals surface area contributed by atoms with Gasteiger partial charge in [0.25, 0.3) is 11.8 Å². The van der Waals surface area contributed by atoms with Crippen molar-refractivity contribution in [1.29, 1.82) is 0 Å². The van der Waals surface area contributed by atoms with Gasteiger partial charge in [-0.05, 0) is 42.3 Å². The van der Waals surface area contributed by atoms with E-state index in [1.54, 1.807) is 30.3 Å². The van der Waals surface area contributed by atoms with Crippen LogP contribution in [0.4, 0.5) is 10.5 Å². The zero-order chi connectivity index (χ0) is 19.6. The van der Waals surface area contributed by atoms with Crippen LogP contribution < -0.4 is 15.0 Å². The van der Waals surface area contributed by atoms with Crippen molar-refractivity contribution in [3.63, 3.8) is 0 Å². The molecule has 0 bridgehead atoms. The Balaban J connectivity index is 2.10. The Hall–Kier alpha value is -2.93. The van der Waals surface area contributed by atoms with E-state index in [4.69, 9.17) is 4.74 Å². The summed E-state index contributed by atoms with van der Waals surface area (Å²) >= 11 is 3.36. The molecule has 0 radical (unpaired) electrons. The monoisotopic (exact) mass is 428 g/mol. The number of nitrogens with zero attached hydrogens (tertiary/aromatic N) is 1. The van der Waals surface area contributed by atoms with Crippen molar-refractivity contribution in [2.24, 2.45) is 0 Å². The zero-order valence-corrected chi connectivity index (χ0v) is 16.4. The fraction of sp³-hybridized carbons (Fsp3) is 0.150. The van der Waals surface area contributed by atoms with Gasteiger partial charge in [-0.1, -0.05) is 41.1 Å². The number of nitrogens with one attached hydrogen (secondary N) is 1. The van der Waals surface area contributed by atoms with E-state index in [1.807, 2.05) is 19.1 Å². The fourth-order valence-electron chi connectivity index (χ4n) is 2.88. The molecule has 7 heteroatoms. The number of carbonyl (C=O) groups excluding carboxylic acids is 3. The van der Waals surface area contributed by atoms with Crippen LogP contribution in [0.3, 0.4) is 0 Å². The molecular weight excluding hydrogens is 412 g/mol. The standard InChI is InChI=1S/C20H17BrN2O4/c1-3-12-6-4-5-7-16(12)23-19(25)15(18(24)22-20(23)26)11-13-10-14(21)8-9-17(13)27-2/h4-11H,3H2,1-2H3,(H,22,24,26)/b15-11-. The van der Waals surface area contributed by atoms with E-state index >= 15 is 0 Å². The Morgan fingerprint density at radius 3 is 2.59 bits per heavy atom. The summed E-state index contributed by atoms with van der Waals surface area (Å²) in [5.74, 6) is -0.910. The molecule has 1 heterocycles. The summed E-state index contributed by atoms with van der Waals surface area (Å²) in [6.45, 7) is 1.93. The number of amides is 4. The maximum absolute atomic E-state index is 13.0. The molecule has 0 aliphatic carbocycles. The molecule has 3 rings (SSSR count). The highest BCUT2D eigenvalue weighted by molar-refractivity contribution is 9.10. The molecule has 1 aliphatic heterocycles. The first-order valence-corrected chi connectivity index (χ1v) is 9.08. The molecule has 1 aliphatic rings. The van der Waals surface area contributed by atoms with Gasteiger partial charge in [-0.15, -0.1) is 0 Å². The Morgan fingerprint density at radius 2 is 1.89 bits per heavy atom. The first-order valence-electron chi connectivity index (χ1n) is 8.29. The van der Waals surface area contributed by atoms with Crippen LogP contribution in [0.5, 0.6) is 5.75 Å². The summed E-state index contributed by atoms with van der Waals surface area (Å²) in [6, 6.07) is 11.6. The predicted octanol–water partition coefficient (Wildman–Crippen LogP) is 3.69. The van der Waals surface area contributed by atoms with E-state index < -0.39 is 17.8 Å². The fourth-order valence-corrected chi connectivity index (χ4v) is 3.26. The second kappa shape index (κ2) is 7.75. The Labute approximate surface area is 164 Å². The number of urea groups is 1. The molecule has 138 valence electrons. The molecule has 4 amide bonds. The zero-order valence-electron chi connectivity index (χ0n) is 14.8. The van der Waals surface area contributed by atoms with Gasteiger partial charge in [0, 0.05) is 10.0 Å². The lowest BCUT2D eigenvalue weighted by molar-refractivity contribution is -0.122. The number of halogens is 1. The van der Waals surface area contributed by atoms with Crippen LogP contribution in [0.25, 0.3) is 6.08 Å². The summed E-state index contributed by atoms with van der Waals surface area (Å²) in [5, 5.41) is 2.24. The smallest absolute Gasteiger partial charge is 0.335 e. The van der Waals surface area contributed by atoms with Gasteiger partial charge in [0.05, 0.1) is 12.8 Å². The van der Waals surface area contributed by atoms with Gasteiger partial charge in [0.2, 0.25) is 0 Å². The number of benzene rings is 2. The van der Waals surface area contributed by atoms with Gasteiger partial charge >= 0.3 is 6.03 Å². The van der Waals surface area contributed by atoms with Crippen LogP contribution >= 0.6 is 15.9 Å². The van der Waals surface area contributed by atoms with Crippen LogP contribution in [0.1, 0.15) is 18.1 Å². The van der Waals surface area contributed by atoms with Crippen LogP contribution in [-0.4, -0.2) is 25.0 Å². The van der Waals surface area contributed by atoms with Gasteiger partial charge in [-0.3, -0.25) is 14.9 Å². The highest BCUT2D eigenvalue weighted by atomic mass is 79.9.